The van der Waals surface area contributed by atoms with Gasteiger partial charge in [0.25, 0.3) is 5.88 Å². The summed E-state index contributed by atoms with van der Waals surface area (Å²) in [7, 11) is 0. The molecule has 2 fully saturated rings. The Kier molecular flexibility index (Phi) is 4.99. The van der Waals surface area contributed by atoms with Crippen molar-refractivity contribution in [3.63, 3.8) is 0 Å². The topological polar surface area (TPSA) is 81.4 Å². The van der Waals surface area contributed by atoms with Crippen molar-refractivity contribution in [2.75, 3.05) is 5.32 Å². The lowest BCUT2D eigenvalue weighted by molar-refractivity contribution is -0.117. The van der Waals surface area contributed by atoms with Crippen LogP contribution < -0.4 is 10.1 Å². The number of hydrogen-bond acceptors (Lipinski definition) is 5. The molecule has 2 aliphatic rings. The Bertz CT molecular complexity index is 1350. The minimum Gasteiger partial charge on any atom is -0.468 e. The zero-order valence-electron chi connectivity index (χ0n) is 17.8. The maximum Gasteiger partial charge on any atom is 0.258 e. The summed E-state index contributed by atoms with van der Waals surface area (Å²) in [5.41, 5.74) is 4.10. The van der Waals surface area contributed by atoms with Crippen molar-refractivity contribution in [2.24, 2.45) is 5.92 Å². The van der Waals surface area contributed by atoms with Gasteiger partial charge in [0, 0.05) is 35.7 Å². The van der Waals surface area contributed by atoms with E-state index in [0.717, 1.165) is 23.3 Å². The lowest BCUT2D eigenvalue weighted by Crippen LogP contribution is -2.17. The number of rotatable bonds is 7. The van der Waals surface area contributed by atoms with Gasteiger partial charge in [-0.1, -0.05) is 29.8 Å². The molecule has 33 heavy (non-hydrogen) atoms. The van der Waals surface area contributed by atoms with E-state index in [4.69, 9.17) is 16.3 Å². The van der Waals surface area contributed by atoms with Gasteiger partial charge in [0.15, 0.2) is 5.82 Å². The number of nitrogens with zero attached hydrogens (tertiary/aromatic N) is 4. The Morgan fingerprint density at radius 2 is 2.00 bits per heavy atom. The number of benzene rings is 1. The molecule has 0 radical (unpaired) electrons. The van der Waals surface area contributed by atoms with Crippen LogP contribution in [0, 0.1) is 5.92 Å². The minimum atomic E-state index is -0.113. The summed E-state index contributed by atoms with van der Waals surface area (Å²) in [6.07, 6.45) is 10.5. The van der Waals surface area contributed by atoms with Gasteiger partial charge in [0.05, 0.1) is 5.69 Å². The lowest BCUT2D eigenvalue weighted by Gasteiger charge is -2.09. The molecule has 1 amide bonds. The average Bonchev–Trinajstić information content (AvgIpc) is 3.74. The van der Waals surface area contributed by atoms with E-state index in [1.54, 1.807) is 6.20 Å². The maximum absolute atomic E-state index is 12.8. The van der Waals surface area contributed by atoms with Gasteiger partial charge in [0.2, 0.25) is 5.91 Å². The number of halogens is 1. The minimum absolute atomic E-state index is 0.0920. The van der Waals surface area contributed by atoms with Crippen LogP contribution in [0.15, 0.2) is 61.2 Å². The average molecular weight is 460 g/mol. The van der Waals surface area contributed by atoms with E-state index in [1.807, 2.05) is 40.9 Å². The summed E-state index contributed by atoms with van der Waals surface area (Å²) in [4.78, 5) is 25.9. The summed E-state index contributed by atoms with van der Waals surface area (Å²) >= 11 is 6.09. The molecule has 7 nitrogen and oxygen atoms in total. The number of imidazole rings is 1. The highest BCUT2D eigenvalue weighted by Crippen LogP contribution is 2.48. The number of anilines is 1. The fraction of sp³-hybridized carbons (Fsp3) is 0.280. The maximum atomic E-state index is 12.8. The van der Waals surface area contributed by atoms with Gasteiger partial charge in [-0.2, -0.15) is 0 Å². The van der Waals surface area contributed by atoms with E-state index >= 15 is 0 Å². The normalized spacial score (nSPS) is 19.4. The zero-order valence-corrected chi connectivity index (χ0v) is 18.6. The van der Waals surface area contributed by atoms with Crippen molar-refractivity contribution in [3.8, 4) is 5.88 Å². The zero-order chi connectivity index (χ0) is 22.4. The van der Waals surface area contributed by atoms with E-state index in [2.05, 4.69) is 32.5 Å². The van der Waals surface area contributed by atoms with Crippen molar-refractivity contribution < 1.29 is 9.53 Å². The second kappa shape index (κ2) is 8.15. The quantitative estimate of drug-likeness (QED) is 0.421. The Morgan fingerprint density at radius 3 is 2.85 bits per heavy atom. The molecule has 2 atom stereocenters. The highest BCUT2D eigenvalue weighted by Gasteiger charge is 2.44. The van der Waals surface area contributed by atoms with Crippen LogP contribution in [0.2, 0.25) is 5.02 Å². The fourth-order valence-corrected chi connectivity index (χ4v) is 4.45. The van der Waals surface area contributed by atoms with Gasteiger partial charge in [-0.25, -0.2) is 15.0 Å². The number of ether oxygens (including phenoxy) is 1. The van der Waals surface area contributed by atoms with Crippen molar-refractivity contribution in [3.05, 3.63) is 83.0 Å². The summed E-state index contributed by atoms with van der Waals surface area (Å²) in [6, 6.07) is 11.8. The van der Waals surface area contributed by atoms with Crippen molar-refractivity contribution in [1.29, 1.82) is 0 Å². The predicted octanol–water partition coefficient (Wildman–Crippen LogP) is 4.98. The predicted molar refractivity (Wildman–Crippen MR) is 124 cm³/mol. The second-order valence-electron chi connectivity index (χ2n) is 8.73. The molecule has 6 rings (SSSR count). The number of amides is 1. The van der Waals surface area contributed by atoms with Crippen LogP contribution in [-0.2, 0) is 11.4 Å². The van der Waals surface area contributed by atoms with Gasteiger partial charge in [-0.15, -0.1) is 0 Å². The second-order valence-corrected chi connectivity index (χ2v) is 9.16. The van der Waals surface area contributed by atoms with Crippen molar-refractivity contribution >= 4 is 29.0 Å². The van der Waals surface area contributed by atoms with Crippen LogP contribution in [-0.4, -0.2) is 25.3 Å². The monoisotopic (exact) mass is 459 g/mol. The van der Waals surface area contributed by atoms with E-state index in [0.29, 0.717) is 16.8 Å². The van der Waals surface area contributed by atoms with Crippen LogP contribution in [0.1, 0.15) is 47.9 Å². The SMILES string of the molecule is O=C(Nc1nccnc1OCc1cn2cc(C3CC3)ccc2n1)C1CC1c1cccc(Cl)c1. The highest BCUT2D eigenvalue weighted by atomic mass is 35.5. The standard InChI is InChI=1S/C25H22ClN5O2/c26-18-3-1-2-16(10-18)20-11-21(20)24(32)30-23-25(28-9-8-27-23)33-14-19-13-31-12-17(15-4-5-15)6-7-22(31)29-19/h1-3,6-10,12-13,15,20-21H,4-5,11,14H2,(H,27,30,32). The van der Waals surface area contributed by atoms with Gasteiger partial charge >= 0.3 is 0 Å². The molecule has 4 aromatic rings. The Morgan fingerprint density at radius 1 is 1.12 bits per heavy atom. The molecule has 2 aliphatic carbocycles. The Hall–Kier alpha value is -3.45. The van der Waals surface area contributed by atoms with Crippen LogP contribution in [0.3, 0.4) is 0 Å². The van der Waals surface area contributed by atoms with Crippen LogP contribution in [0.5, 0.6) is 5.88 Å². The molecule has 8 heteroatoms. The summed E-state index contributed by atoms with van der Waals surface area (Å²) in [5, 5.41) is 3.56. The first-order chi connectivity index (χ1) is 16.1. The first-order valence-corrected chi connectivity index (χ1v) is 11.5. The Labute approximate surface area is 195 Å². The molecule has 2 unspecified atom stereocenters. The van der Waals surface area contributed by atoms with E-state index in [1.165, 1.54) is 24.6 Å². The molecule has 1 aromatic carbocycles. The first-order valence-electron chi connectivity index (χ1n) is 11.1. The molecule has 0 spiro atoms. The molecule has 3 aromatic heterocycles. The number of carbonyl (C=O) groups is 1. The summed E-state index contributed by atoms with van der Waals surface area (Å²) in [6.45, 7) is 0.233. The summed E-state index contributed by atoms with van der Waals surface area (Å²) in [5.74, 6) is 1.25. The third kappa shape index (κ3) is 4.28. The van der Waals surface area contributed by atoms with E-state index in [9.17, 15) is 4.79 Å². The van der Waals surface area contributed by atoms with Crippen LogP contribution >= 0.6 is 11.6 Å². The van der Waals surface area contributed by atoms with Crippen molar-refractivity contribution in [2.45, 2.75) is 37.7 Å². The largest absolute Gasteiger partial charge is 0.468 e. The molecular formula is C25H22ClN5O2. The van der Waals surface area contributed by atoms with Crippen LogP contribution in [0.4, 0.5) is 5.82 Å². The number of pyridine rings is 1. The van der Waals surface area contributed by atoms with Crippen LogP contribution in [0.25, 0.3) is 5.65 Å². The smallest absolute Gasteiger partial charge is 0.258 e. The summed E-state index contributed by atoms with van der Waals surface area (Å²) < 4.78 is 7.93. The van der Waals surface area contributed by atoms with E-state index < -0.39 is 0 Å². The van der Waals surface area contributed by atoms with Gasteiger partial charge in [-0.05, 0) is 60.4 Å². The highest BCUT2D eigenvalue weighted by molar-refractivity contribution is 6.30. The van der Waals surface area contributed by atoms with Crippen molar-refractivity contribution in [1.82, 2.24) is 19.4 Å². The number of carbonyl (C=O) groups excluding carboxylic acids is 1. The van der Waals surface area contributed by atoms with Gasteiger partial charge in [0.1, 0.15) is 12.3 Å². The molecule has 0 aliphatic heterocycles. The molecule has 1 N–H and O–H groups in total. The molecular weight excluding hydrogens is 438 g/mol. The molecule has 166 valence electrons. The Balaban J connectivity index is 1.12. The molecule has 0 saturated heterocycles. The third-order valence-corrected chi connectivity index (χ3v) is 6.47. The fourth-order valence-electron chi connectivity index (χ4n) is 4.25. The molecule has 2 saturated carbocycles. The molecule has 3 heterocycles. The van der Waals surface area contributed by atoms with Gasteiger partial charge in [-0.3, -0.25) is 4.79 Å². The number of hydrogen-bond donors (Lipinski definition) is 1. The van der Waals surface area contributed by atoms with E-state index in [-0.39, 0.29) is 30.2 Å². The van der Waals surface area contributed by atoms with Gasteiger partial charge < -0.3 is 14.5 Å². The first kappa shape index (κ1) is 20.2. The third-order valence-electron chi connectivity index (χ3n) is 6.24. The molecule has 0 bridgehead atoms. The number of nitrogens with one attached hydrogen (secondary N) is 1. The lowest BCUT2D eigenvalue weighted by atomic mass is 10.1. The number of fused-ring (bicyclic) bond motifs is 1. The number of aromatic nitrogens is 4.